The van der Waals surface area contributed by atoms with E-state index in [1.165, 1.54) is 22.3 Å². The van der Waals surface area contributed by atoms with Gasteiger partial charge < -0.3 is 10.4 Å². The van der Waals surface area contributed by atoms with E-state index in [9.17, 15) is 9.90 Å². The molecule has 3 heteroatoms. The van der Waals surface area contributed by atoms with Crippen LogP contribution < -0.4 is 5.32 Å². The van der Waals surface area contributed by atoms with Crippen molar-refractivity contribution in [3.05, 3.63) is 69.8 Å². The van der Waals surface area contributed by atoms with E-state index in [-0.39, 0.29) is 11.9 Å². The van der Waals surface area contributed by atoms with Gasteiger partial charge in [0.2, 0.25) is 5.91 Å². The van der Waals surface area contributed by atoms with E-state index in [1.807, 2.05) is 0 Å². The first kappa shape index (κ1) is 24.5. The smallest absolute Gasteiger partial charge is 0.220 e. The van der Waals surface area contributed by atoms with E-state index in [1.54, 1.807) is 0 Å². The lowest BCUT2D eigenvalue weighted by molar-refractivity contribution is -0.120. The van der Waals surface area contributed by atoms with Crippen LogP contribution in [0.3, 0.4) is 0 Å². The van der Waals surface area contributed by atoms with Gasteiger partial charge in [-0.15, -0.1) is 0 Å². The van der Waals surface area contributed by atoms with Crippen LogP contribution in [0.1, 0.15) is 99.6 Å². The van der Waals surface area contributed by atoms with Crippen LogP contribution in [0.2, 0.25) is 0 Å². The maximum Gasteiger partial charge on any atom is 0.220 e. The Kier molecular flexibility index (Phi) is 8.53. The SMILES string of the molecule is CCCc1cc(CCC)cc(C(O)(c2cc(CCC)cc(CCC)c2)[C@@H]2CCC(=O)N2)c1. The summed E-state index contributed by atoms with van der Waals surface area (Å²) < 4.78 is 0. The van der Waals surface area contributed by atoms with Crippen LogP contribution in [-0.2, 0) is 36.1 Å². The largest absolute Gasteiger partial charge is 0.378 e. The number of aliphatic hydroxyl groups is 1. The summed E-state index contributed by atoms with van der Waals surface area (Å²) in [4.78, 5) is 12.2. The van der Waals surface area contributed by atoms with Crippen molar-refractivity contribution in [3.8, 4) is 0 Å². The Balaban J connectivity index is 2.21. The third kappa shape index (κ3) is 5.43. The van der Waals surface area contributed by atoms with Crippen molar-refractivity contribution in [3.63, 3.8) is 0 Å². The normalized spacial score (nSPS) is 16.4. The van der Waals surface area contributed by atoms with Crippen molar-refractivity contribution in [1.82, 2.24) is 5.32 Å². The summed E-state index contributed by atoms with van der Waals surface area (Å²) in [5.74, 6) is 0.0328. The van der Waals surface area contributed by atoms with E-state index in [0.717, 1.165) is 62.5 Å². The molecule has 2 N–H and O–H groups in total. The van der Waals surface area contributed by atoms with Crippen LogP contribution in [0.25, 0.3) is 0 Å². The molecule has 3 rings (SSSR count). The van der Waals surface area contributed by atoms with Gasteiger partial charge in [0.15, 0.2) is 0 Å². The maximum absolute atomic E-state index is 12.5. The molecule has 0 unspecified atom stereocenters. The molecule has 174 valence electrons. The predicted molar refractivity (Wildman–Crippen MR) is 133 cm³/mol. The highest BCUT2D eigenvalue weighted by Gasteiger charge is 2.44. The summed E-state index contributed by atoms with van der Waals surface area (Å²) >= 11 is 0. The highest BCUT2D eigenvalue weighted by atomic mass is 16.3. The summed E-state index contributed by atoms with van der Waals surface area (Å²) in [6.45, 7) is 8.78. The Morgan fingerprint density at radius 3 is 1.41 bits per heavy atom. The van der Waals surface area contributed by atoms with E-state index in [0.29, 0.717) is 12.8 Å². The molecule has 32 heavy (non-hydrogen) atoms. The molecule has 1 saturated heterocycles. The molecule has 1 amide bonds. The summed E-state index contributed by atoms with van der Waals surface area (Å²) in [6, 6.07) is 13.0. The lowest BCUT2D eigenvalue weighted by Crippen LogP contribution is -2.47. The van der Waals surface area contributed by atoms with E-state index >= 15 is 0 Å². The van der Waals surface area contributed by atoms with Crippen molar-refractivity contribution in [2.45, 2.75) is 104 Å². The number of amides is 1. The Morgan fingerprint density at radius 1 is 0.750 bits per heavy atom. The molecule has 1 atom stereocenters. The van der Waals surface area contributed by atoms with Crippen molar-refractivity contribution in [1.29, 1.82) is 0 Å². The molecule has 0 saturated carbocycles. The number of carbonyl (C=O) groups excluding carboxylic acids is 1. The molecule has 2 aromatic rings. The van der Waals surface area contributed by atoms with Crippen LogP contribution in [0, 0.1) is 0 Å². The molecule has 1 aliphatic rings. The van der Waals surface area contributed by atoms with Crippen molar-refractivity contribution >= 4 is 5.91 Å². The average molecular weight is 436 g/mol. The first-order valence-electron chi connectivity index (χ1n) is 12.7. The predicted octanol–water partition coefficient (Wildman–Crippen LogP) is 6.01. The fraction of sp³-hybridized carbons (Fsp3) is 0.552. The molecule has 2 aromatic carbocycles. The van der Waals surface area contributed by atoms with Gasteiger partial charge in [0.05, 0.1) is 6.04 Å². The number of carbonyl (C=O) groups is 1. The second kappa shape index (κ2) is 11.1. The third-order valence-corrected chi connectivity index (χ3v) is 6.64. The summed E-state index contributed by atoms with van der Waals surface area (Å²) in [7, 11) is 0. The number of nitrogens with one attached hydrogen (secondary N) is 1. The van der Waals surface area contributed by atoms with Crippen LogP contribution >= 0.6 is 0 Å². The van der Waals surface area contributed by atoms with Gasteiger partial charge in [0, 0.05) is 6.42 Å². The number of benzene rings is 2. The van der Waals surface area contributed by atoms with Gasteiger partial charge in [0.25, 0.3) is 0 Å². The zero-order valence-corrected chi connectivity index (χ0v) is 20.5. The second-order valence-electron chi connectivity index (χ2n) is 9.50. The van der Waals surface area contributed by atoms with Gasteiger partial charge in [0.1, 0.15) is 5.60 Å². The zero-order valence-electron chi connectivity index (χ0n) is 20.5. The highest BCUT2D eigenvalue weighted by Crippen LogP contribution is 2.39. The van der Waals surface area contributed by atoms with Gasteiger partial charge >= 0.3 is 0 Å². The molecule has 1 fully saturated rings. The lowest BCUT2D eigenvalue weighted by Gasteiger charge is -2.36. The van der Waals surface area contributed by atoms with Gasteiger partial charge in [-0.2, -0.15) is 0 Å². The molecule has 3 nitrogen and oxygen atoms in total. The van der Waals surface area contributed by atoms with Crippen LogP contribution in [-0.4, -0.2) is 17.1 Å². The molecule has 0 radical (unpaired) electrons. The van der Waals surface area contributed by atoms with Crippen LogP contribution in [0.5, 0.6) is 0 Å². The molecule has 0 bridgehead atoms. The molecule has 0 aliphatic carbocycles. The fourth-order valence-corrected chi connectivity index (χ4v) is 5.19. The lowest BCUT2D eigenvalue weighted by atomic mass is 9.76. The van der Waals surface area contributed by atoms with Gasteiger partial charge in [-0.25, -0.2) is 0 Å². The monoisotopic (exact) mass is 435 g/mol. The summed E-state index contributed by atoms with van der Waals surface area (Å²) in [5.41, 5.74) is 5.71. The minimum absolute atomic E-state index is 0.0328. The van der Waals surface area contributed by atoms with Crippen LogP contribution in [0.4, 0.5) is 0 Å². The molecule has 1 heterocycles. The van der Waals surface area contributed by atoms with Crippen LogP contribution in [0.15, 0.2) is 36.4 Å². The first-order chi connectivity index (χ1) is 15.4. The second-order valence-corrected chi connectivity index (χ2v) is 9.50. The average Bonchev–Trinajstić information content (AvgIpc) is 3.20. The standard InChI is InChI=1S/C29H41NO2/c1-5-9-21-15-22(10-6-2)18-25(17-21)29(32,27-13-14-28(31)30-27)26-19-23(11-7-3)16-24(20-26)12-8-4/h15-20,27,32H,5-14H2,1-4H3,(H,30,31)/t27-/m0/s1. The number of hydrogen-bond donors (Lipinski definition) is 2. The minimum atomic E-state index is -1.23. The first-order valence-corrected chi connectivity index (χ1v) is 12.7. The molecular formula is C29H41NO2. The Hall–Kier alpha value is -2.13. The Bertz CT molecular complexity index is 809. The quantitative estimate of drug-likeness (QED) is 0.454. The van der Waals surface area contributed by atoms with E-state index in [4.69, 9.17) is 0 Å². The maximum atomic E-state index is 12.5. The summed E-state index contributed by atoms with van der Waals surface area (Å²) in [6.07, 6.45) is 9.38. The number of rotatable bonds is 11. The fourth-order valence-electron chi connectivity index (χ4n) is 5.19. The molecule has 0 aromatic heterocycles. The molecular weight excluding hydrogens is 394 g/mol. The van der Waals surface area contributed by atoms with Gasteiger partial charge in [-0.05, 0) is 65.5 Å². The topological polar surface area (TPSA) is 49.3 Å². The minimum Gasteiger partial charge on any atom is -0.378 e. The molecule has 1 aliphatic heterocycles. The number of aryl methyl sites for hydroxylation is 4. The van der Waals surface area contributed by atoms with Gasteiger partial charge in [-0.1, -0.05) is 89.8 Å². The number of hydrogen-bond acceptors (Lipinski definition) is 2. The van der Waals surface area contributed by atoms with Crippen molar-refractivity contribution in [2.24, 2.45) is 0 Å². The zero-order chi connectivity index (χ0) is 23.1. The molecule has 0 spiro atoms. The van der Waals surface area contributed by atoms with Gasteiger partial charge in [-0.3, -0.25) is 4.79 Å². The highest BCUT2D eigenvalue weighted by molar-refractivity contribution is 5.79. The van der Waals surface area contributed by atoms with E-state index < -0.39 is 5.60 Å². The van der Waals surface area contributed by atoms with Crippen molar-refractivity contribution in [2.75, 3.05) is 0 Å². The van der Waals surface area contributed by atoms with Crippen molar-refractivity contribution < 1.29 is 9.90 Å². The Morgan fingerprint density at radius 2 is 1.12 bits per heavy atom. The third-order valence-electron chi connectivity index (χ3n) is 6.64. The Labute approximate surface area is 194 Å². The van der Waals surface area contributed by atoms with E-state index in [2.05, 4.69) is 69.4 Å². The summed E-state index contributed by atoms with van der Waals surface area (Å²) in [5, 5.41) is 15.6.